The van der Waals surface area contributed by atoms with Crippen LogP contribution in [0.25, 0.3) is 44.2 Å². The normalized spacial score (nSPS) is 11.5. The van der Waals surface area contributed by atoms with Gasteiger partial charge in [0.05, 0.1) is 10.6 Å². The second-order valence-corrected chi connectivity index (χ2v) is 13.2. The topological polar surface area (TPSA) is 105 Å². The molecule has 7 rings (SSSR count). The first-order valence-electron chi connectivity index (χ1n) is 15.0. The molecule has 1 N–H and O–H groups in total. The summed E-state index contributed by atoms with van der Waals surface area (Å²) in [6.45, 7) is -0.136. The molecule has 4 aromatic carbocycles. The number of nitrogens with one attached hydrogen (secondary N) is 1. The number of sulfone groups is 1. The lowest BCUT2D eigenvalue weighted by Gasteiger charge is -2.18. The molecule has 3 heterocycles. The number of amides is 1. The minimum atomic E-state index is -3.53. The number of aromatic nitrogens is 3. The van der Waals surface area contributed by atoms with Gasteiger partial charge in [-0.3, -0.25) is 4.79 Å². The number of rotatable bonds is 9. The van der Waals surface area contributed by atoms with E-state index in [0.717, 1.165) is 44.2 Å². The van der Waals surface area contributed by atoms with E-state index < -0.39 is 9.84 Å². The van der Waals surface area contributed by atoms with E-state index >= 15 is 0 Å². The number of hydrogen-bond acceptors (Lipinski definition) is 6. The molecule has 0 saturated heterocycles. The molecular weight excluding hydrogens is 609 g/mol. The molecule has 0 aliphatic carbocycles. The molecule has 8 nitrogen and oxygen atoms in total. The molecule has 0 unspecified atom stereocenters. The number of benzene rings is 4. The first-order valence-corrected chi connectivity index (χ1v) is 16.7. The number of pyridine rings is 2. The summed E-state index contributed by atoms with van der Waals surface area (Å²) in [6, 6.07) is 37.3. The number of carbonyl (C=O) groups excluding carboxylic acids is 1. The van der Waals surface area contributed by atoms with Crippen molar-refractivity contribution in [2.24, 2.45) is 0 Å². The summed E-state index contributed by atoms with van der Waals surface area (Å²) in [5, 5.41) is 1.80. The van der Waals surface area contributed by atoms with Gasteiger partial charge in [0.15, 0.2) is 16.4 Å². The summed E-state index contributed by atoms with van der Waals surface area (Å²) in [6.07, 6.45) is 3.47. The van der Waals surface area contributed by atoms with Crippen LogP contribution in [0.1, 0.15) is 5.56 Å². The molecule has 3 aromatic heterocycles. The average molecular weight is 639 g/mol. The number of ether oxygens (including phenoxy) is 1. The fourth-order valence-electron chi connectivity index (χ4n) is 5.72. The third-order valence-electron chi connectivity index (χ3n) is 8.13. The first kappa shape index (κ1) is 29.9. The van der Waals surface area contributed by atoms with Crippen LogP contribution in [0.4, 0.5) is 5.69 Å². The third kappa shape index (κ3) is 6.08. The van der Waals surface area contributed by atoms with Crippen molar-refractivity contribution in [2.75, 3.05) is 18.6 Å². The van der Waals surface area contributed by atoms with Gasteiger partial charge >= 0.3 is 0 Å². The van der Waals surface area contributed by atoms with Crippen LogP contribution in [0.5, 0.6) is 5.88 Å². The van der Waals surface area contributed by atoms with Crippen LogP contribution in [-0.2, 0) is 20.4 Å². The van der Waals surface area contributed by atoms with Gasteiger partial charge in [-0.1, -0.05) is 72.8 Å². The number of fused-ring (bicyclic) bond motifs is 3. The second-order valence-electron chi connectivity index (χ2n) is 11.2. The molecule has 0 radical (unpaired) electrons. The smallest absolute Gasteiger partial charge is 0.264 e. The zero-order valence-corrected chi connectivity index (χ0v) is 26.3. The van der Waals surface area contributed by atoms with Crippen molar-refractivity contribution in [3.8, 4) is 28.1 Å². The molecule has 9 heteroatoms. The Balaban J connectivity index is 1.26. The number of carbonyl (C=O) groups is 1. The fourth-order valence-corrected chi connectivity index (χ4v) is 7.08. The van der Waals surface area contributed by atoms with Gasteiger partial charge in [-0.25, -0.2) is 18.4 Å². The van der Waals surface area contributed by atoms with Gasteiger partial charge < -0.3 is 14.6 Å². The van der Waals surface area contributed by atoms with E-state index in [1.807, 2.05) is 66.9 Å². The molecule has 0 fully saturated rings. The molecular formula is C38H30N4O4S. The van der Waals surface area contributed by atoms with Crippen molar-refractivity contribution in [1.82, 2.24) is 15.0 Å². The lowest BCUT2D eigenvalue weighted by atomic mass is 9.92. The van der Waals surface area contributed by atoms with Gasteiger partial charge in [0, 0.05) is 58.6 Å². The van der Waals surface area contributed by atoms with Crippen molar-refractivity contribution < 1.29 is 17.9 Å². The quantitative estimate of drug-likeness (QED) is 0.176. The van der Waals surface area contributed by atoms with E-state index in [1.165, 1.54) is 0 Å². The number of nitrogens with zero attached hydrogens (tertiary/aromatic N) is 3. The average Bonchev–Trinajstić information content (AvgIpc) is 3.49. The van der Waals surface area contributed by atoms with Crippen molar-refractivity contribution in [3.05, 3.63) is 139 Å². The van der Waals surface area contributed by atoms with E-state index in [1.54, 1.807) is 66.7 Å². The summed E-state index contributed by atoms with van der Waals surface area (Å²) in [5.41, 5.74) is 6.79. The number of likely N-dealkylation sites (N-methyl/N-ethyl adjacent to an activating group) is 1. The van der Waals surface area contributed by atoms with Gasteiger partial charge in [0.25, 0.3) is 5.91 Å². The highest BCUT2D eigenvalue weighted by atomic mass is 32.2. The molecule has 7 aromatic rings. The lowest BCUT2D eigenvalue weighted by molar-refractivity contribution is -0.120. The highest BCUT2D eigenvalue weighted by Crippen LogP contribution is 2.41. The minimum Gasteiger partial charge on any atom is -0.468 e. The van der Waals surface area contributed by atoms with Gasteiger partial charge in [0.2, 0.25) is 5.88 Å². The van der Waals surface area contributed by atoms with Crippen molar-refractivity contribution in [1.29, 1.82) is 0 Å². The van der Waals surface area contributed by atoms with Crippen molar-refractivity contribution >= 4 is 43.4 Å². The fraction of sp³-hybridized carbons (Fsp3) is 0.0789. The molecule has 232 valence electrons. The largest absolute Gasteiger partial charge is 0.468 e. The zero-order chi connectivity index (χ0) is 32.4. The Labute approximate surface area is 272 Å². The Morgan fingerprint density at radius 2 is 1.53 bits per heavy atom. The SMILES string of the molecule is CN(C(=O)COc1ccccn1)c1ccc(-c2cnc3[nH]c4ccc(CS(=O)(=O)c5ccccc5)cc4c3c2-c2ccccc2)cc1. The molecule has 0 spiro atoms. The predicted octanol–water partition coefficient (Wildman–Crippen LogP) is 7.46. The lowest BCUT2D eigenvalue weighted by Crippen LogP contribution is -2.31. The number of hydrogen-bond donors (Lipinski definition) is 1. The third-order valence-corrected chi connectivity index (χ3v) is 9.83. The Bertz CT molecular complexity index is 2310. The molecule has 47 heavy (non-hydrogen) atoms. The molecule has 1 amide bonds. The van der Waals surface area contributed by atoms with Crippen molar-refractivity contribution in [2.45, 2.75) is 10.6 Å². The van der Waals surface area contributed by atoms with E-state index in [0.29, 0.717) is 22.0 Å². The molecule has 0 aliphatic heterocycles. The number of anilines is 1. The molecule has 0 saturated carbocycles. The van der Waals surface area contributed by atoms with Gasteiger partial charge in [-0.2, -0.15) is 0 Å². The van der Waals surface area contributed by atoms with Gasteiger partial charge in [-0.05, 0) is 59.2 Å². The second kappa shape index (κ2) is 12.5. The van der Waals surface area contributed by atoms with Crippen LogP contribution in [0.3, 0.4) is 0 Å². The Morgan fingerprint density at radius 1 is 0.809 bits per heavy atom. The van der Waals surface area contributed by atoms with Crippen LogP contribution in [0, 0.1) is 0 Å². The Morgan fingerprint density at radius 3 is 2.26 bits per heavy atom. The first-order chi connectivity index (χ1) is 22.9. The summed E-state index contributed by atoms with van der Waals surface area (Å²) < 4.78 is 32.0. The number of H-pyrrole nitrogens is 1. The maximum absolute atomic E-state index is 13.2. The van der Waals surface area contributed by atoms with Crippen LogP contribution >= 0.6 is 0 Å². The summed E-state index contributed by atoms with van der Waals surface area (Å²) in [4.78, 5) is 27.1. The highest BCUT2D eigenvalue weighted by molar-refractivity contribution is 7.90. The van der Waals surface area contributed by atoms with Gasteiger partial charge in [-0.15, -0.1) is 0 Å². The van der Waals surface area contributed by atoms with E-state index in [4.69, 9.17) is 9.72 Å². The zero-order valence-electron chi connectivity index (χ0n) is 25.5. The predicted molar refractivity (Wildman–Crippen MR) is 185 cm³/mol. The Kier molecular flexibility index (Phi) is 7.97. The van der Waals surface area contributed by atoms with Crippen LogP contribution in [0.2, 0.25) is 0 Å². The maximum atomic E-state index is 13.2. The van der Waals surface area contributed by atoms with E-state index in [2.05, 4.69) is 22.1 Å². The van der Waals surface area contributed by atoms with Crippen molar-refractivity contribution in [3.63, 3.8) is 0 Å². The van der Waals surface area contributed by atoms with Crippen LogP contribution in [0.15, 0.2) is 139 Å². The molecule has 0 bridgehead atoms. The summed E-state index contributed by atoms with van der Waals surface area (Å²) in [5.74, 6) is 0.0667. The summed E-state index contributed by atoms with van der Waals surface area (Å²) >= 11 is 0. The Hall–Kier alpha value is -5.80. The molecule has 0 atom stereocenters. The van der Waals surface area contributed by atoms with Crippen LogP contribution in [-0.4, -0.2) is 42.9 Å². The van der Waals surface area contributed by atoms with Gasteiger partial charge in [0.1, 0.15) is 5.65 Å². The van der Waals surface area contributed by atoms with E-state index in [-0.39, 0.29) is 18.3 Å². The van der Waals surface area contributed by atoms with Crippen LogP contribution < -0.4 is 9.64 Å². The summed E-state index contributed by atoms with van der Waals surface area (Å²) in [7, 11) is -1.82. The highest BCUT2D eigenvalue weighted by Gasteiger charge is 2.20. The molecule has 0 aliphatic rings. The monoisotopic (exact) mass is 638 g/mol. The van der Waals surface area contributed by atoms with E-state index in [9.17, 15) is 13.2 Å². The standard InChI is InChI=1S/C38H30N4O4S/c1-42(35(43)24-46-34-14-8-9-21-39-34)29-18-16-27(17-19-29)32-23-40-38-37(36(32)28-10-4-2-5-11-28)31-22-26(15-20-33(31)41-38)25-47(44,45)30-12-6-3-7-13-30/h2-23H,24-25H2,1H3,(H,40,41). The minimum absolute atomic E-state index is 0.117. The number of aromatic amines is 1. The maximum Gasteiger partial charge on any atom is 0.264 e.